The van der Waals surface area contributed by atoms with Crippen LogP contribution in [0.1, 0.15) is 12.5 Å². The van der Waals surface area contributed by atoms with E-state index in [9.17, 15) is 0 Å². The predicted molar refractivity (Wildman–Crippen MR) is 78.7 cm³/mol. The number of hydrogen-bond acceptors (Lipinski definition) is 4. The Labute approximate surface area is 113 Å². The number of aromatic nitrogens is 1. The summed E-state index contributed by atoms with van der Waals surface area (Å²) in [7, 11) is 1.69. The molecule has 0 saturated heterocycles. The van der Waals surface area contributed by atoms with Gasteiger partial charge in [0.2, 0.25) is 0 Å². The minimum absolute atomic E-state index is 0.710. The fourth-order valence-corrected chi connectivity index (χ4v) is 1.88. The molecule has 0 saturated carbocycles. The molecule has 0 aliphatic rings. The Bertz CT molecular complexity index is 528. The number of rotatable bonds is 6. The molecule has 0 fully saturated rings. The molecule has 0 unspecified atom stereocenters. The zero-order chi connectivity index (χ0) is 13.5. The molecule has 2 rings (SSSR count). The number of benzene rings is 1. The van der Waals surface area contributed by atoms with Crippen LogP contribution in [0.3, 0.4) is 0 Å². The van der Waals surface area contributed by atoms with E-state index in [1.807, 2.05) is 42.7 Å². The standard InChI is InChI=1S/C15H19N3O/c1-3-17-13-8-14(11-16-10-13)18-9-12-6-4-5-7-15(12)19-2/h4-8,10-11,17-18H,3,9H2,1-2H3. The van der Waals surface area contributed by atoms with Crippen LogP contribution in [0.25, 0.3) is 0 Å². The first-order chi connectivity index (χ1) is 9.33. The lowest BCUT2D eigenvalue weighted by molar-refractivity contribution is 0.410. The van der Waals surface area contributed by atoms with E-state index < -0.39 is 0 Å². The smallest absolute Gasteiger partial charge is 0.123 e. The maximum Gasteiger partial charge on any atom is 0.123 e. The van der Waals surface area contributed by atoms with Crippen molar-refractivity contribution in [3.8, 4) is 5.75 Å². The third-order valence-corrected chi connectivity index (χ3v) is 2.79. The van der Waals surface area contributed by atoms with Crippen molar-refractivity contribution >= 4 is 11.4 Å². The molecule has 0 amide bonds. The van der Waals surface area contributed by atoms with E-state index in [2.05, 4.69) is 22.5 Å². The van der Waals surface area contributed by atoms with Crippen molar-refractivity contribution in [2.45, 2.75) is 13.5 Å². The molecule has 0 aliphatic heterocycles. The fourth-order valence-electron chi connectivity index (χ4n) is 1.88. The molecule has 0 radical (unpaired) electrons. The summed E-state index contributed by atoms with van der Waals surface area (Å²) < 4.78 is 5.33. The maximum absolute atomic E-state index is 5.33. The van der Waals surface area contributed by atoms with Crippen LogP contribution in [0.4, 0.5) is 11.4 Å². The van der Waals surface area contributed by atoms with Gasteiger partial charge in [-0.3, -0.25) is 4.98 Å². The third-order valence-electron chi connectivity index (χ3n) is 2.79. The highest BCUT2D eigenvalue weighted by Gasteiger charge is 2.01. The Hall–Kier alpha value is -2.23. The summed E-state index contributed by atoms with van der Waals surface area (Å²) in [6.07, 6.45) is 3.63. The van der Waals surface area contributed by atoms with Crippen LogP contribution in [-0.4, -0.2) is 18.6 Å². The zero-order valence-electron chi connectivity index (χ0n) is 11.3. The molecule has 19 heavy (non-hydrogen) atoms. The number of anilines is 2. The summed E-state index contributed by atoms with van der Waals surface area (Å²) in [5.41, 5.74) is 3.13. The fraction of sp³-hybridized carbons (Fsp3) is 0.267. The first kappa shape index (κ1) is 13.2. The predicted octanol–water partition coefficient (Wildman–Crippen LogP) is 3.13. The number of pyridine rings is 1. The number of ether oxygens (including phenoxy) is 1. The summed E-state index contributed by atoms with van der Waals surface area (Å²) >= 11 is 0. The molecule has 4 heteroatoms. The van der Waals surface area contributed by atoms with Crippen molar-refractivity contribution in [2.75, 3.05) is 24.3 Å². The first-order valence-corrected chi connectivity index (χ1v) is 6.38. The van der Waals surface area contributed by atoms with E-state index in [1.165, 1.54) is 0 Å². The number of methoxy groups -OCH3 is 1. The lowest BCUT2D eigenvalue weighted by Gasteiger charge is -2.11. The second kappa shape index (κ2) is 6.64. The van der Waals surface area contributed by atoms with Crippen LogP contribution in [0.2, 0.25) is 0 Å². The quantitative estimate of drug-likeness (QED) is 0.834. The average molecular weight is 257 g/mol. The highest BCUT2D eigenvalue weighted by Crippen LogP contribution is 2.19. The van der Waals surface area contributed by atoms with Gasteiger partial charge in [-0.15, -0.1) is 0 Å². The Kier molecular flexibility index (Phi) is 4.61. The molecule has 2 N–H and O–H groups in total. The van der Waals surface area contributed by atoms with Crippen molar-refractivity contribution in [1.29, 1.82) is 0 Å². The molecule has 1 aromatic carbocycles. The van der Waals surface area contributed by atoms with E-state index in [-0.39, 0.29) is 0 Å². The van der Waals surface area contributed by atoms with Gasteiger partial charge >= 0.3 is 0 Å². The number of para-hydroxylation sites is 1. The Morgan fingerprint density at radius 2 is 1.84 bits per heavy atom. The van der Waals surface area contributed by atoms with E-state index >= 15 is 0 Å². The van der Waals surface area contributed by atoms with Crippen molar-refractivity contribution in [3.05, 3.63) is 48.3 Å². The van der Waals surface area contributed by atoms with Crippen LogP contribution >= 0.6 is 0 Å². The van der Waals surface area contributed by atoms with Gasteiger partial charge in [0.15, 0.2) is 0 Å². The van der Waals surface area contributed by atoms with Crippen molar-refractivity contribution in [2.24, 2.45) is 0 Å². The molecule has 0 bridgehead atoms. The lowest BCUT2D eigenvalue weighted by atomic mass is 10.2. The summed E-state index contributed by atoms with van der Waals surface area (Å²) in [4.78, 5) is 4.20. The highest BCUT2D eigenvalue weighted by atomic mass is 16.5. The van der Waals surface area contributed by atoms with Crippen LogP contribution in [0, 0.1) is 0 Å². The van der Waals surface area contributed by atoms with Crippen molar-refractivity contribution in [3.63, 3.8) is 0 Å². The molecule has 1 aromatic heterocycles. The molecule has 0 spiro atoms. The molecular weight excluding hydrogens is 238 g/mol. The number of nitrogens with zero attached hydrogens (tertiary/aromatic N) is 1. The Balaban J connectivity index is 2.03. The summed E-state index contributed by atoms with van der Waals surface area (Å²) in [5, 5.41) is 6.59. The Morgan fingerprint density at radius 3 is 2.58 bits per heavy atom. The zero-order valence-corrected chi connectivity index (χ0v) is 11.3. The Morgan fingerprint density at radius 1 is 1.11 bits per heavy atom. The second-order valence-corrected chi connectivity index (χ2v) is 4.16. The van der Waals surface area contributed by atoms with Gasteiger partial charge in [-0.05, 0) is 19.1 Å². The van der Waals surface area contributed by atoms with E-state index in [0.717, 1.165) is 29.2 Å². The van der Waals surface area contributed by atoms with Gasteiger partial charge in [0, 0.05) is 18.7 Å². The third kappa shape index (κ3) is 3.61. The molecular formula is C15H19N3O. The summed E-state index contributed by atoms with van der Waals surface area (Å²) in [6.45, 7) is 3.66. The number of nitrogens with one attached hydrogen (secondary N) is 2. The van der Waals surface area contributed by atoms with Crippen LogP contribution in [-0.2, 0) is 6.54 Å². The molecule has 100 valence electrons. The van der Waals surface area contributed by atoms with Gasteiger partial charge in [0.1, 0.15) is 5.75 Å². The minimum atomic E-state index is 0.710. The minimum Gasteiger partial charge on any atom is -0.496 e. The van der Waals surface area contributed by atoms with Gasteiger partial charge in [0.25, 0.3) is 0 Å². The van der Waals surface area contributed by atoms with Gasteiger partial charge in [-0.2, -0.15) is 0 Å². The van der Waals surface area contributed by atoms with Crippen LogP contribution in [0.5, 0.6) is 5.75 Å². The van der Waals surface area contributed by atoms with Gasteiger partial charge in [-0.1, -0.05) is 18.2 Å². The van der Waals surface area contributed by atoms with E-state index in [1.54, 1.807) is 7.11 Å². The number of hydrogen-bond donors (Lipinski definition) is 2. The van der Waals surface area contributed by atoms with Crippen molar-refractivity contribution in [1.82, 2.24) is 4.98 Å². The molecule has 0 atom stereocenters. The van der Waals surface area contributed by atoms with E-state index in [0.29, 0.717) is 6.54 Å². The lowest BCUT2D eigenvalue weighted by Crippen LogP contribution is -2.03. The summed E-state index contributed by atoms with van der Waals surface area (Å²) in [5.74, 6) is 0.894. The normalized spacial score (nSPS) is 10.0. The van der Waals surface area contributed by atoms with Gasteiger partial charge in [-0.25, -0.2) is 0 Å². The topological polar surface area (TPSA) is 46.2 Å². The first-order valence-electron chi connectivity index (χ1n) is 6.38. The molecule has 1 heterocycles. The van der Waals surface area contributed by atoms with Crippen molar-refractivity contribution < 1.29 is 4.74 Å². The van der Waals surface area contributed by atoms with Gasteiger partial charge < -0.3 is 15.4 Å². The van der Waals surface area contributed by atoms with Crippen LogP contribution < -0.4 is 15.4 Å². The molecule has 2 aromatic rings. The highest BCUT2D eigenvalue weighted by molar-refractivity contribution is 5.54. The monoisotopic (exact) mass is 257 g/mol. The SMILES string of the molecule is CCNc1cncc(NCc2ccccc2OC)c1. The summed E-state index contributed by atoms with van der Waals surface area (Å²) in [6, 6.07) is 10.0. The molecule has 4 nitrogen and oxygen atoms in total. The van der Waals surface area contributed by atoms with E-state index in [4.69, 9.17) is 4.74 Å². The van der Waals surface area contributed by atoms with Crippen LogP contribution in [0.15, 0.2) is 42.7 Å². The largest absolute Gasteiger partial charge is 0.496 e. The average Bonchev–Trinajstić information content (AvgIpc) is 2.46. The maximum atomic E-state index is 5.33. The second-order valence-electron chi connectivity index (χ2n) is 4.16. The van der Waals surface area contributed by atoms with Gasteiger partial charge in [0.05, 0.1) is 30.9 Å². The molecule has 0 aliphatic carbocycles.